The summed E-state index contributed by atoms with van der Waals surface area (Å²) < 4.78 is 5.36. The van der Waals surface area contributed by atoms with Gasteiger partial charge in [-0.25, -0.2) is 4.79 Å². The topological polar surface area (TPSA) is 65.6 Å². The van der Waals surface area contributed by atoms with Gasteiger partial charge in [0, 0.05) is 17.4 Å². The zero-order valence-electron chi connectivity index (χ0n) is 15.9. The Kier molecular flexibility index (Phi) is 3.53. The zero-order valence-corrected chi connectivity index (χ0v) is 15.9. The molecule has 0 spiro atoms. The number of hydrogen-bond acceptors (Lipinski definition) is 3. The molecule has 6 heteroatoms. The van der Waals surface area contributed by atoms with Crippen LogP contribution < -0.4 is 4.74 Å². The van der Waals surface area contributed by atoms with Gasteiger partial charge < -0.3 is 14.6 Å². The Hall–Kier alpha value is -3.28. The Labute approximate surface area is 162 Å². The third-order valence-corrected chi connectivity index (χ3v) is 6.03. The average molecular weight is 375 g/mol. The minimum absolute atomic E-state index is 0.180. The van der Waals surface area contributed by atoms with Crippen molar-refractivity contribution in [3.05, 3.63) is 65.4 Å². The summed E-state index contributed by atoms with van der Waals surface area (Å²) in [6.45, 7) is 2.65. The zero-order chi connectivity index (χ0) is 19.5. The molecule has 142 valence electrons. The molecule has 3 heterocycles. The van der Waals surface area contributed by atoms with Gasteiger partial charge in [0.2, 0.25) is 0 Å². The van der Waals surface area contributed by atoms with E-state index in [1.807, 2.05) is 55.5 Å². The lowest BCUT2D eigenvalue weighted by molar-refractivity contribution is -0.133. The maximum absolute atomic E-state index is 13.5. The van der Waals surface area contributed by atoms with Crippen LogP contribution in [-0.2, 0) is 23.3 Å². The molecule has 0 unspecified atom stereocenters. The summed E-state index contributed by atoms with van der Waals surface area (Å²) in [5, 5.41) is 1.05. The van der Waals surface area contributed by atoms with Crippen LogP contribution in [0.5, 0.6) is 5.75 Å². The number of imide groups is 1. The number of rotatable bonds is 3. The highest BCUT2D eigenvalue weighted by Gasteiger charge is 2.58. The van der Waals surface area contributed by atoms with E-state index in [0.717, 1.165) is 33.5 Å². The number of aromatic nitrogens is 1. The molecule has 0 saturated carbocycles. The van der Waals surface area contributed by atoms with Crippen molar-refractivity contribution in [3.63, 3.8) is 0 Å². The number of carbonyl (C=O) groups excluding carboxylic acids is 2. The van der Waals surface area contributed by atoms with Gasteiger partial charge in [-0.1, -0.05) is 30.3 Å². The maximum atomic E-state index is 13.5. The summed E-state index contributed by atoms with van der Waals surface area (Å²) in [5.41, 5.74) is 2.79. The monoisotopic (exact) mass is 375 g/mol. The summed E-state index contributed by atoms with van der Waals surface area (Å²) in [6, 6.07) is 15.2. The summed E-state index contributed by atoms with van der Waals surface area (Å²) in [5.74, 6) is 0.599. The lowest BCUT2D eigenvalue weighted by atomic mass is 9.87. The van der Waals surface area contributed by atoms with Gasteiger partial charge in [0.25, 0.3) is 5.91 Å². The Morgan fingerprint density at radius 3 is 2.68 bits per heavy atom. The molecule has 0 aliphatic carbocycles. The van der Waals surface area contributed by atoms with E-state index in [1.54, 1.807) is 12.0 Å². The second kappa shape index (κ2) is 5.86. The van der Waals surface area contributed by atoms with Crippen LogP contribution >= 0.6 is 0 Å². The van der Waals surface area contributed by atoms with Crippen molar-refractivity contribution in [1.29, 1.82) is 0 Å². The third-order valence-electron chi connectivity index (χ3n) is 6.03. The molecule has 1 atom stereocenters. The van der Waals surface area contributed by atoms with Crippen LogP contribution in [0.2, 0.25) is 0 Å². The van der Waals surface area contributed by atoms with Gasteiger partial charge in [-0.15, -0.1) is 0 Å². The second-order valence-electron chi connectivity index (χ2n) is 7.52. The highest BCUT2D eigenvalue weighted by molar-refractivity contribution is 6.08. The van der Waals surface area contributed by atoms with E-state index in [9.17, 15) is 9.59 Å². The van der Waals surface area contributed by atoms with Crippen molar-refractivity contribution < 1.29 is 14.3 Å². The van der Waals surface area contributed by atoms with E-state index in [2.05, 4.69) is 4.98 Å². The van der Waals surface area contributed by atoms with Gasteiger partial charge in [-0.2, -0.15) is 0 Å². The molecule has 0 radical (unpaired) electrons. The lowest BCUT2D eigenvalue weighted by Gasteiger charge is -2.36. The average Bonchev–Trinajstić information content (AvgIpc) is 3.18. The number of ether oxygens (including phenoxy) is 1. The van der Waals surface area contributed by atoms with Crippen LogP contribution in [0.3, 0.4) is 0 Å². The predicted octanol–water partition coefficient (Wildman–Crippen LogP) is 3.41. The van der Waals surface area contributed by atoms with Gasteiger partial charge in [-0.05, 0) is 42.7 Å². The Bertz CT molecular complexity index is 1100. The third kappa shape index (κ3) is 2.14. The largest absolute Gasteiger partial charge is 0.497 e. The normalized spacial score (nSPS) is 21.2. The first-order chi connectivity index (χ1) is 13.5. The van der Waals surface area contributed by atoms with Gasteiger partial charge >= 0.3 is 6.03 Å². The van der Waals surface area contributed by atoms with Gasteiger partial charge in [0.1, 0.15) is 5.75 Å². The molecule has 2 aliphatic heterocycles. The van der Waals surface area contributed by atoms with Crippen molar-refractivity contribution in [2.45, 2.75) is 25.4 Å². The standard InChI is InChI=1S/C22H21N3O3/c1-22-19-16(17-12-15(28-2)8-9-18(17)23-19)10-11-25(22)21(27)24(20(22)26)13-14-6-4-3-5-7-14/h3-9,12,23H,10-11,13H2,1-2H3/t22-/m0/s1. The fraction of sp³-hybridized carbons (Fsp3) is 0.273. The number of hydrogen-bond donors (Lipinski definition) is 1. The minimum atomic E-state index is -1.01. The number of aromatic amines is 1. The molecule has 3 amide bonds. The van der Waals surface area contributed by atoms with Crippen molar-refractivity contribution in [2.75, 3.05) is 13.7 Å². The van der Waals surface area contributed by atoms with E-state index in [-0.39, 0.29) is 18.5 Å². The van der Waals surface area contributed by atoms with Crippen LogP contribution in [0, 0.1) is 0 Å². The number of methoxy groups -OCH3 is 1. The Morgan fingerprint density at radius 1 is 1.14 bits per heavy atom. The highest BCUT2D eigenvalue weighted by atomic mass is 16.5. The number of nitrogens with zero attached hydrogens (tertiary/aromatic N) is 2. The van der Waals surface area contributed by atoms with Crippen LogP contribution in [0.1, 0.15) is 23.7 Å². The number of nitrogens with one attached hydrogen (secondary N) is 1. The number of fused-ring (bicyclic) bond motifs is 5. The molecule has 3 aromatic rings. The molecule has 28 heavy (non-hydrogen) atoms. The first-order valence-electron chi connectivity index (χ1n) is 9.40. The lowest BCUT2D eigenvalue weighted by Crippen LogP contribution is -2.48. The minimum Gasteiger partial charge on any atom is -0.497 e. The molecule has 1 N–H and O–H groups in total. The number of amides is 3. The van der Waals surface area contributed by atoms with Crippen molar-refractivity contribution in [3.8, 4) is 5.75 Å². The van der Waals surface area contributed by atoms with E-state index in [1.165, 1.54) is 4.90 Å². The first kappa shape index (κ1) is 16.9. The van der Waals surface area contributed by atoms with E-state index in [4.69, 9.17) is 4.74 Å². The number of benzene rings is 2. The summed E-state index contributed by atoms with van der Waals surface area (Å²) >= 11 is 0. The van der Waals surface area contributed by atoms with E-state index in [0.29, 0.717) is 13.0 Å². The van der Waals surface area contributed by atoms with Crippen molar-refractivity contribution in [1.82, 2.24) is 14.8 Å². The summed E-state index contributed by atoms with van der Waals surface area (Å²) in [7, 11) is 1.64. The van der Waals surface area contributed by atoms with Crippen molar-refractivity contribution in [2.24, 2.45) is 0 Å². The molecule has 6 nitrogen and oxygen atoms in total. The Morgan fingerprint density at radius 2 is 1.93 bits per heavy atom. The number of H-pyrrole nitrogens is 1. The molecule has 2 aromatic carbocycles. The van der Waals surface area contributed by atoms with Gasteiger partial charge in [0.15, 0.2) is 5.54 Å². The molecule has 1 saturated heterocycles. The first-order valence-corrected chi connectivity index (χ1v) is 9.40. The number of urea groups is 1. The van der Waals surface area contributed by atoms with Crippen LogP contribution in [0.25, 0.3) is 10.9 Å². The quantitative estimate of drug-likeness (QED) is 0.714. The molecule has 1 aromatic heterocycles. The Balaban J connectivity index is 1.60. The summed E-state index contributed by atoms with van der Waals surface area (Å²) in [4.78, 5) is 33.0. The highest BCUT2D eigenvalue weighted by Crippen LogP contribution is 2.44. The van der Waals surface area contributed by atoms with Crippen LogP contribution in [0.4, 0.5) is 4.79 Å². The SMILES string of the molecule is COc1ccc2[nH]c3c(c2c1)CCN1C(=O)N(Cc2ccccc2)C(=O)[C@]31C. The smallest absolute Gasteiger partial charge is 0.328 e. The van der Waals surface area contributed by atoms with Crippen LogP contribution in [-0.4, -0.2) is 40.4 Å². The van der Waals surface area contributed by atoms with E-state index >= 15 is 0 Å². The van der Waals surface area contributed by atoms with Gasteiger partial charge in [-0.3, -0.25) is 9.69 Å². The van der Waals surface area contributed by atoms with Gasteiger partial charge in [0.05, 0.1) is 19.3 Å². The summed E-state index contributed by atoms with van der Waals surface area (Å²) in [6.07, 6.45) is 0.705. The van der Waals surface area contributed by atoms with E-state index < -0.39 is 5.54 Å². The predicted molar refractivity (Wildman–Crippen MR) is 105 cm³/mol. The van der Waals surface area contributed by atoms with Crippen LogP contribution in [0.15, 0.2) is 48.5 Å². The molecular weight excluding hydrogens is 354 g/mol. The maximum Gasteiger partial charge on any atom is 0.328 e. The van der Waals surface area contributed by atoms with Crippen molar-refractivity contribution >= 4 is 22.8 Å². The molecule has 0 bridgehead atoms. The second-order valence-corrected chi connectivity index (χ2v) is 7.52. The number of carbonyl (C=O) groups is 2. The molecule has 5 rings (SSSR count). The molecule has 1 fully saturated rings. The molecule has 2 aliphatic rings. The molecular formula is C22H21N3O3. The fourth-order valence-electron chi connectivity index (χ4n) is 4.52. The fourth-order valence-corrected chi connectivity index (χ4v) is 4.52.